The molecule has 0 saturated carbocycles. The van der Waals surface area contributed by atoms with Crippen LogP contribution in [0.3, 0.4) is 0 Å². The molecule has 4 nitrogen and oxygen atoms in total. The summed E-state index contributed by atoms with van der Waals surface area (Å²) < 4.78 is 0. The molecule has 0 spiro atoms. The van der Waals surface area contributed by atoms with Crippen LogP contribution in [-0.4, -0.2) is 4.92 Å². The molecule has 0 aliphatic carbocycles. The smallest absolute Gasteiger partial charge is 0.272 e. The molecule has 0 aliphatic heterocycles. The Bertz CT molecular complexity index is 580. The van der Waals surface area contributed by atoms with Gasteiger partial charge in [-0.2, -0.15) is 0 Å². The van der Waals surface area contributed by atoms with Crippen LogP contribution in [0.4, 0.5) is 11.4 Å². The predicted octanol–water partition coefficient (Wildman–Crippen LogP) is 4.51. The molecule has 0 amide bonds. The van der Waals surface area contributed by atoms with Gasteiger partial charge in [0.25, 0.3) is 5.69 Å². The fourth-order valence-electron chi connectivity index (χ4n) is 1.62. The van der Waals surface area contributed by atoms with Gasteiger partial charge in [0.2, 0.25) is 0 Å². The summed E-state index contributed by atoms with van der Waals surface area (Å²) in [7, 11) is 0. The Balaban J connectivity index is 2.19. The molecule has 2 aromatic rings. The van der Waals surface area contributed by atoms with Crippen LogP contribution in [0.15, 0.2) is 42.5 Å². The Morgan fingerprint density at radius 3 is 2.21 bits per heavy atom. The Hall–Kier alpha value is -1.78. The van der Waals surface area contributed by atoms with E-state index in [-0.39, 0.29) is 15.7 Å². The van der Waals surface area contributed by atoms with Gasteiger partial charge in [0.15, 0.2) is 0 Å². The van der Waals surface area contributed by atoms with Gasteiger partial charge in [0, 0.05) is 18.7 Å². The number of benzene rings is 2. The van der Waals surface area contributed by atoms with Gasteiger partial charge in [-0.25, -0.2) is 0 Å². The van der Waals surface area contributed by atoms with Crippen LogP contribution in [0.2, 0.25) is 10.0 Å². The van der Waals surface area contributed by atoms with Crippen LogP contribution in [0, 0.1) is 10.1 Å². The molecule has 98 valence electrons. The molecule has 0 saturated heterocycles. The standard InChI is InChI=1S/C13H10Cl2N2O2/c14-11-6-10(17(18)19)7-12(15)13(11)16-8-9-4-2-1-3-5-9/h1-7,16H,8H2. The normalized spacial score (nSPS) is 10.2. The van der Waals surface area contributed by atoms with Crippen LogP contribution < -0.4 is 5.32 Å². The van der Waals surface area contributed by atoms with Crippen molar-refractivity contribution in [3.8, 4) is 0 Å². The molecule has 0 atom stereocenters. The van der Waals surface area contributed by atoms with Gasteiger partial charge >= 0.3 is 0 Å². The van der Waals surface area contributed by atoms with Crippen molar-refractivity contribution < 1.29 is 4.92 Å². The highest BCUT2D eigenvalue weighted by Crippen LogP contribution is 2.34. The van der Waals surface area contributed by atoms with E-state index >= 15 is 0 Å². The van der Waals surface area contributed by atoms with Crippen molar-refractivity contribution in [2.24, 2.45) is 0 Å². The van der Waals surface area contributed by atoms with Crippen molar-refractivity contribution in [3.05, 3.63) is 68.2 Å². The highest BCUT2D eigenvalue weighted by Gasteiger charge is 2.14. The van der Waals surface area contributed by atoms with Gasteiger partial charge in [0.1, 0.15) is 0 Å². The Labute approximate surface area is 120 Å². The van der Waals surface area contributed by atoms with Crippen molar-refractivity contribution in [1.29, 1.82) is 0 Å². The van der Waals surface area contributed by atoms with Gasteiger partial charge in [-0.3, -0.25) is 10.1 Å². The molecule has 2 rings (SSSR count). The summed E-state index contributed by atoms with van der Waals surface area (Å²) in [5.41, 5.74) is 1.44. The third-order valence-electron chi connectivity index (χ3n) is 2.55. The number of nitro benzene ring substituents is 1. The van der Waals surface area contributed by atoms with E-state index in [4.69, 9.17) is 23.2 Å². The molecule has 0 radical (unpaired) electrons. The third-order valence-corrected chi connectivity index (χ3v) is 3.15. The van der Waals surface area contributed by atoms with Crippen molar-refractivity contribution >= 4 is 34.6 Å². The summed E-state index contributed by atoms with van der Waals surface area (Å²) in [6, 6.07) is 12.3. The Kier molecular flexibility index (Phi) is 4.24. The summed E-state index contributed by atoms with van der Waals surface area (Å²) in [4.78, 5) is 10.1. The summed E-state index contributed by atoms with van der Waals surface area (Å²) in [6.07, 6.45) is 0. The lowest BCUT2D eigenvalue weighted by atomic mass is 10.2. The minimum atomic E-state index is -0.529. The maximum absolute atomic E-state index is 10.7. The van der Waals surface area contributed by atoms with Crippen molar-refractivity contribution in [3.63, 3.8) is 0 Å². The minimum absolute atomic E-state index is 0.125. The second-order valence-corrected chi connectivity index (χ2v) is 4.70. The highest BCUT2D eigenvalue weighted by atomic mass is 35.5. The number of nitrogens with zero attached hydrogens (tertiary/aromatic N) is 1. The highest BCUT2D eigenvalue weighted by molar-refractivity contribution is 6.39. The molecule has 1 N–H and O–H groups in total. The number of nitrogens with one attached hydrogen (secondary N) is 1. The van der Waals surface area contributed by atoms with Crippen LogP contribution in [-0.2, 0) is 6.54 Å². The van der Waals surface area contributed by atoms with E-state index in [9.17, 15) is 10.1 Å². The van der Waals surface area contributed by atoms with E-state index in [1.165, 1.54) is 12.1 Å². The molecule has 2 aromatic carbocycles. The number of non-ortho nitro benzene ring substituents is 1. The third kappa shape index (κ3) is 3.36. The number of nitro groups is 1. The van der Waals surface area contributed by atoms with E-state index < -0.39 is 4.92 Å². The summed E-state index contributed by atoms with van der Waals surface area (Å²) >= 11 is 12.0. The fraction of sp³-hybridized carbons (Fsp3) is 0.0769. The fourth-order valence-corrected chi connectivity index (χ4v) is 2.23. The molecular weight excluding hydrogens is 287 g/mol. The first-order chi connectivity index (χ1) is 9.08. The molecule has 0 aliphatic rings. The number of halogens is 2. The van der Waals surface area contributed by atoms with E-state index in [1.807, 2.05) is 30.3 Å². The first kappa shape index (κ1) is 13.6. The molecular formula is C13H10Cl2N2O2. The lowest BCUT2D eigenvalue weighted by Gasteiger charge is -2.10. The molecule has 0 fully saturated rings. The number of rotatable bonds is 4. The summed E-state index contributed by atoms with van der Waals surface area (Å²) in [5.74, 6) is 0. The minimum Gasteiger partial charge on any atom is -0.379 e. The van der Waals surface area contributed by atoms with E-state index in [2.05, 4.69) is 5.32 Å². The Morgan fingerprint density at radius 2 is 1.68 bits per heavy atom. The molecule has 0 unspecified atom stereocenters. The van der Waals surface area contributed by atoms with E-state index in [1.54, 1.807) is 0 Å². The van der Waals surface area contributed by atoms with E-state index in [0.29, 0.717) is 12.2 Å². The average Bonchev–Trinajstić information content (AvgIpc) is 2.38. The second kappa shape index (κ2) is 5.91. The molecule has 19 heavy (non-hydrogen) atoms. The molecule has 0 bridgehead atoms. The number of anilines is 1. The van der Waals surface area contributed by atoms with Gasteiger partial charge in [-0.15, -0.1) is 0 Å². The lowest BCUT2D eigenvalue weighted by Crippen LogP contribution is -2.01. The zero-order valence-corrected chi connectivity index (χ0v) is 11.3. The topological polar surface area (TPSA) is 55.2 Å². The predicted molar refractivity (Wildman–Crippen MR) is 76.9 cm³/mol. The van der Waals surface area contributed by atoms with Gasteiger partial charge in [0.05, 0.1) is 20.7 Å². The largest absolute Gasteiger partial charge is 0.379 e. The summed E-state index contributed by atoms with van der Waals surface area (Å²) in [6.45, 7) is 0.540. The van der Waals surface area contributed by atoms with Crippen LogP contribution in [0.5, 0.6) is 0 Å². The zero-order chi connectivity index (χ0) is 13.8. The van der Waals surface area contributed by atoms with Crippen molar-refractivity contribution in [1.82, 2.24) is 0 Å². The SMILES string of the molecule is O=[N+]([O-])c1cc(Cl)c(NCc2ccccc2)c(Cl)c1. The first-order valence-electron chi connectivity index (χ1n) is 5.49. The van der Waals surface area contributed by atoms with Crippen molar-refractivity contribution in [2.75, 3.05) is 5.32 Å². The van der Waals surface area contributed by atoms with E-state index in [0.717, 1.165) is 5.56 Å². The first-order valence-corrected chi connectivity index (χ1v) is 6.25. The monoisotopic (exact) mass is 296 g/mol. The second-order valence-electron chi connectivity index (χ2n) is 3.88. The van der Waals surface area contributed by atoms with Crippen LogP contribution >= 0.6 is 23.2 Å². The van der Waals surface area contributed by atoms with Crippen molar-refractivity contribution in [2.45, 2.75) is 6.54 Å². The van der Waals surface area contributed by atoms with Gasteiger partial charge in [-0.05, 0) is 5.56 Å². The maximum Gasteiger partial charge on any atom is 0.272 e. The van der Waals surface area contributed by atoms with Crippen LogP contribution in [0.25, 0.3) is 0 Å². The van der Waals surface area contributed by atoms with Gasteiger partial charge < -0.3 is 5.32 Å². The number of hydrogen-bond donors (Lipinski definition) is 1. The van der Waals surface area contributed by atoms with Crippen LogP contribution in [0.1, 0.15) is 5.56 Å². The number of hydrogen-bond acceptors (Lipinski definition) is 3. The average molecular weight is 297 g/mol. The lowest BCUT2D eigenvalue weighted by molar-refractivity contribution is -0.384. The molecule has 0 heterocycles. The summed E-state index contributed by atoms with van der Waals surface area (Å²) in [5, 5.41) is 14.2. The maximum atomic E-state index is 10.7. The zero-order valence-electron chi connectivity index (χ0n) is 9.77. The van der Waals surface area contributed by atoms with Gasteiger partial charge in [-0.1, -0.05) is 53.5 Å². The molecule has 6 heteroatoms. The quantitative estimate of drug-likeness (QED) is 0.667. The molecule has 0 aromatic heterocycles. The Morgan fingerprint density at radius 1 is 1.11 bits per heavy atom.